The topological polar surface area (TPSA) is 31.4 Å². The third-order valence-corrected chi connectivity index (χ3v) is 2.75. The summed E-state index contributed by atoms with van der Waals surface area (Å²) in [5.41, 5.74) is 0. The van der Waals surface area contributed by atoms with E-state index in [9.17, 15) is 0 Å². The molecule has 0 aliphatic carbocycles. The third kappa shape index (κ3) is 3.59. The van der Waals surface area contributed by atoms with Crippen molar-refractivity contribution in [2.45, 2.75) is 6.92 Å². The van der Waals surface area contributed by atoms with Crippen LogP contribution in [0.15, 0.2) is 42.5 Å². The third-order valence-electron chi connectivity index (χ3n) is 2.03. The lowest BCUT2D eigenvalue weighted by molar-refractivity contribution is 0.321. The van der Waals surface area contributed by atoms with Gasteiger partial charge in [0.2, 0.25) is 11.8 Å². The number of hydrogen-bond acceptors (Lipinski definition) is 3. The van der Waals surface area contributed by atoms with Gasteiger partial charge >= 0.3 is 0 Å². The van der Waals surface area contributed by atoms with Crippen LogP contribution in [-0.4, -0.2) is 11.6 Å². The number of hydrogen-bond donors (Lipinski definition) is 0. The summed E-state index contributed by atoms with van der Waals surface area (Å²) in [6.07, 6.45) is 0. The van der Waals surface area contributed by atoms with Gasteiger partial charge in [0.25, 0.3) is 0 Å². The van der Waals surface area contributed by atoms with Gasteiger partial charge in [-0.1, -0.05) is 6.07 Å². The fourth-order valence-electron chi connectivity index (χ4n) is 1.30. The lowest BCUT2D eigenvalue weighted by atomic mass is 10.3. The predicted molar refractivity (Wildman–Crippen MR) is 74.6 cm³/mol. The summed E-state index contributed by atoms with van der Waals surface area (Å²) in [5.74, 6) is 1.89. The second-order valence-electron chi connectivity index (χ2n) is 3.30. The Morgan fingerprint density at radius 3 is 2.47 bits per heavy atom. The first kappa shape index (κ1) is 12.2. The molecule has 0 fully saturated rings. The van der Waals surface area contributed by atoms with Gasteiger partial charge in [-0.25, -0.2) is 0 Å². The van der Waals surface area contributed by atoms with Crippen LogP contribution in [0.2, 0.25) is 0 Å². The highest BCUT2D eigenvalue weighted by molar-refractivity contribution is 14.1. The van der Waals surface area contributed by atoms with Gasteiger partial charge in [-0.3, -0.25) is 0 Å². The molecule has 4 heteroatoms. The fraction of sp³-hybridized carbons (Fsp3) is 0.154. The Kier molecular flexibility index (Phi) is 4.19. The maximum absolute atomic E-state index is 5.63. The van der Waals surface area contributed by atoms with Crippen molar-refractivity contribution < 1.29 is 9.47 Å². The van der Waals surface area contributed by atoms with E-state index in [4.69, 9.17) is 9.47 Å². The number of aromatic nitrogens is 1. The van der Waals surface area contributed by atoms with E-state index in [0.29, 0.717) is 18.4 Å². The molecule has 88 valence electrons. The number of ether oxygens (including phenoxy) is 2. The van der Waals surface area contributed by atoms with E-state index >= 15 is 0 Å². The van der Waals surface area contributed by atoms with Crippen LogP contribution in [0.5, 0.6) is 17.5 Å². The van der Waals surface area contributed by atoms with Crippen molar-refractivity contribution in [1.82, 2.24) is 4.98 Å². The minimum Gasteiger partial charge on any atom is -0.478 e. The van der Waals surface area contributed by atoms with E-state index in [1.807, 2.05) is 43.3 Å². The molecule has 0 atom stereocenters. The molecule has 0 bridgehead atoms. The molecule has 0 aliphatic rings. The normalized spacial score (nSPS) is 10.0. The molecule has 0 aliphatic heterocycles. The maximum atomic E-state index is 5.63. The molecule has 0 amide bonds. The zero-order valence-electron chi connectivity index (χ0n) is 9.39. The van der Waals surface area contributed by atoms with Crippen LogP contribution in [0.1, 0.15) is 6.92 Å². The second kappa shape index (κ2) is 5.86. The smallest absolute Gasteiger partial charge is 0.222 e. The number of pyridine rings is 1. The molecule has 0 saturated heterocycles. The van der Waals surface area contributed by atoms with Crippen molar-refractivity contribution in [3.05, 3.63) is 46.0 Å². The van der Waals surface area contributed by atoms with E-state index in [1.54, 1.807) is 6.07 Å². The van der Waals surface area contributed by atoms with Gasteiger partial charge in [0.1, 0.15) is 5.75 Å². The van der Waals surface area contributed by atoms with Gasteiger partial charge in [-0.15, -0.1) is 0 Å². The minimum atomic E-state index is 0.539. The highest BCUT2D eigenvalue weighted by Crippen LogP contribution is 2.22. The summed E-state index contributed by atoms with van der Waals surface area (Å²) >= 11 is 2.25. The predicted octanol–water partition coefficient (Wildman–Crippen LogP) is 3.88. The van der Waals surface area contributed by atoms with Gasteiger partial charge in [0, 0.05) is 15.7 Å². The van der Waals surface area contributed by atoms with Crippen LogP contribution in [0.4, 0.5) is 0 Å². The second-order valence-corrected chi connectivity index (χ2v) is 4.55. The molecular formula is C13H12INO2. The first-order valence-electron chi connectivity index (χ1n) is 5.31. The molecule has 2 rings (SSSR count). The molecule has 1 heterocycles. The zero-order valence-corrected chi connectivity index (χ0v) is 11.5. The summed E-state index contributed by atoms with van der Waals surface area (Å²) in [7, 11) is 0. The fourth-order valence-corrected chi connectivity index (χ4v) is 1.66. The maximum Gasteiger partial charge on any atom is 0.222 e. The summed E-state index contributed by atoms with van der Waals surface area (Å²) in [6, 6.07) is 13.3. The molecule has 3 nitrogen and oxygen atoms in total. The number of nitrogens with zero attached hydrogens (tertiary/aromatic N) is 1. The minimum absolute atomic E-state index is 0.539. The van der Waals surface area contributed by atoms with E-state index in [1.165, 1.54) is 3.57 Å². The van der Waals surface area contributed by atoms with E-state index in [2.05, 4.69) is 27.6 Å². The molecule has 0 spiro atoms. The Morgan fingerprint density at radius 2 is 1.76 bits per heavy atom. The van der Waals surface area contributed by atoms with Gasteiger partial charge in [0.15, 0.2) is 0 Å². The van der Waals surface area contributed by atoms with Crippen molar-refractivity contribution >= 4 is 22.6 Å². The number of rotatable bonds is 4. The van der Waals surface area contributed by atoms with Gasteiger partial charge in [0.05, 0.1) is 6.61 Å². The standard InChI is InChI=1S/C13H12INO2/c1-2-16-12-4-3-5-13(15-12)17-11-8-6-10(14)7-9-11/h3-9H,2H2,1H3. The van der Waals surface area contributed by atoms with Crippen LogP contribution in [0.3, 0.4) is 0 Å². The van der Waals surface area contributed by atoms with Gasteiger partial charge in [-0.05, 0) is 53.8 Å². The van der Waals surface area contributed by atoms with Crippen molar-refractivity contribution in [1.29, 1.82) is 0 Å². The summed E-state index contributed by atoms with van der Waals surface area (Å²) < 4.78 is 12.1. The Balaban J connectivity index is 2.12. The first-order chi connectivity index (χ1) is 8.28. The van der Waals surface area contributed by atoms with E-state index in [-0.39, 0.29) is 0 Å². The van der Waals surface area contributed by atoms with Crippen LogP contribution in [0.25, 0.3) is 0 Å². The Bertz CT molecular complexity index is 485. The Hall–Kier alpha value is -1.30. The lowest BCUT2D eigenvalue weighted by Gasteiger charge is -2.06. The number of benzene rings is 1. The van der Waals surface area contributed by atoms with Crippen molar-refractivity contribution in [2.75, 3.05) is 6.61 Å². The highest BCUT2D eigenvalue weighted by Gasteiger charge is 2.00. The molecule has 1 aromatic carbocycles. The molecule has 17 heavy (non-hydrogen) atoms. The monoisotopic (exact) mass is 341 g/mol. The van der Waals surface area contributed by atoms with Crippen LogP contribution in [-0.2, 0) is 0 Å². The van der Waals surface area contributed by atoms with Crippen molar-refractivity contribution in [2.24, 2.45) is 0 Å². The van der Waals surface area contributed by atoms with E-state index < -0.39 is 0 Å². The van der Waals surface area contributed by atoms with Crippen LogP contribution >= 0.6 is 22.6 Å². The summed E-state index contributed by atoms with van der Waals surface area (Å²) in [4.78, 5) is 4.23. The lowest BCUT2D eigenvalue weighted by Crippen LogP contribution is -1.95. The zero-order chi connectivity index (χ0) is 12.1. The molecule has 0 saturated carbocycles. The highest BCUT2D eigenvalue weighted by atomic mass is 127. The van der Waals surface area contributed by atoms with Crippen molar-refractivity contribution in [3.63, 3.8) is 0 Å². The molecule has 0 unspecified atom stereocenters. The molecule has 0 radical (unpaired) electrons. The summed E-state index contributed by atoms with van der Waals surface area (Å²) in [6.45, 7) is 2.52. The van der Waals surface area contributed by atoms with Crippen LogP contribution in [0, 0.1) is 3.57 Å². The average molecular weight is 341 g/mol. The van der Waals surface area contributed by atoms with Crippen LogP contribution < -0.4 is 9.47 Å². The number of halogens is 1. The molecule has 0 N–H and O–H groups in total. The Morgan fingerprint density at radius 1 is 1.06 bits per heavy atom. The largest absolute Gasteiger partial charge is 0.478 e. The molecule has 1 aromatic heterocycles. The van der Waals surface area contributed by atoms with Gasteiger partial charge in [-0.2, -0.15) is 4.98 Å². The first-order valence-corrected chi connectivity index (χ1v) is 6.39. The van der Waals surface area contributed by atoms with E-state index in [0.717, 1.165) is 5.75 Å². The summed E-state index contributed by atoms with van der Waals surface area (Å²) in [5, 5.41) is 0. The molecule has 2 aromatic rings. The van der Waals surface area contributed by atoms with Gasteiger partial charge < -0.3 is 9.47 Å². The molecular weight excluding hydrogens is 329 g/mol. The quantitative estimate of drug-likeness (QED) is 0.791. The average Bonchev–Trinajstić information content (AvgIpc) is 2.33. The van der Waals surface area contributed by atoms with Crippen molar-refractivity contribution in [3.8, 4) is 17.5 Å². The SMILES string of the molecule is CCOc1cccc(Oc2ccc(I)cc2)n1. The Labute approximate surface area is 114 Å².